The lowest BCUT2D eigenvalue weighted by Crippen LogP contribution is -2.48. The number of benzene rings is 2. The zero-order chi connectivity index (χ0) is 26.3. The first-order valence-electron chi connectivity index (χ1n) is 12.8. The van der Waals surface area contributed by atoms with Crippen molar-refractivity contribution in [2.45, 2.75) is 11.3 Å². The molecule has 0 atom stereocenters. The number of hydrogen-bond acceptors (Lipinski definition) is 8. The van der Waals surface area contributed by atoms with Crippen molar-refractivity contribution in [3.05, 3.63) is 64.1 Å². The third-order valence-electron chi connectivity index (χ3n) is 7.38. The maximum absolute atomic E-state index is 13.5. The highest BCUT2D eigenvalue weighted by Crippen LogP contribution is 2.33. The highest BCUT2D eigenvalue weighted by Gasteiger charge is 2.32. The number of fused-ring (bicyclic) bond motifs is 1. The Bertz CT molecular complexity index is 1450. The Balaban J connectivity index is 1.16. The van der Waals surface area contributed by atoms with E-state index in [1.807, 2.05) is 24.3 Å². The van der Waals surface area contributed by atoms with Crippen LogP contribution in [0, 0.1) is 0 Å². The number of piperazine rings is 2. The van der Waals surface area contributed by atoms with Gasteiger partial charge in [-0.2, -0.15) is 4.31 Å². The van der Waals surface area contributed by atoms with Gasteiger partial charge in [0.15, 0.2) is 5.13 Å². The molecule has 9 nitrogen and oxygen atoms in total. The number of aromatic nitrogens is 1. The molecule has 1 N–H and O–H groups in total. The zero-order valence-corrected chi connectivity index (χ0v) is 23.2. The van der Waals surface area contributed by atoms with Gasteiger partial charge in [0.1, 0.15) is 5.15 Å². The molecule has 2 aromatic carbocycles. The van der Waals surface area contributed by atoms with Gasteiger partial charge < -0.3 is 20.0 Å². The first kappa shape index (κ1) is 25.6. The minimum Gasteiger partial charge on any atom is -0.369 e. The van der Waals surface area contributed by atoms with Crippen molar-refractivity contribution in [3.63, 3.8) is 0 Å². The fourth-order valence-corrected chi connectivity index (χ4v) is 7.80. The molecular formula is C26H29ClN6O3S2. The molecule has 0 aliphatic carbocycles. The molecule has 2 saturated heterocycles. The molecule has 1 aromatic heterocycles. The summed E-state index contributed by atoms with van der Waals surface area (Å²) in [6.07, 6.45) is 0.625. The standard InChI is InChI=1S/C26H29ClN6O3S2/c27-24-18-37-26(29-24)31-12-14-32(15-13-31)38(35,36)22-4-5-23-19(17-22)6-9-33(23)25(34)20-2-1-3-21(16-20)30-10-7-28-8-11-30/h1-5,16-18,28H,6-15H2. The molecule has 3 aliphatic rings. The molecule has 4 heterocycles. The average molecular weight is 573 g/mol. The second kappa shape index (κ2) is 10.5. The van der Waals surface area contributed by atoms with Gasteiger partial charge in [-0.05, 0) is 48.4 Å². The van der Waals surface area contributed by atoms with Crippen molar-refractivity contribution in [1.82, 2.24) is 14.6 Å². The summed E-state index contributed by atoms with van der Waals surface area (Å²) in [5, 5.41) is 6.40. The van der Waals surface area contributed by atoms with Crippen molar-refractivity contribution in [3.8, 4) is 0 Å². The largest absolute Gasteiger partial charge is 0.369 e. The first-order chi connectivity index (χ1) is 18.4. The maximum atomic E-state index is 13.5. The van der Waals surface area contributed by atoms with Gasteiger partial charge >= 0.3 is 0 Å². The number of carbonyl (C=O) groups excluding carboxylic acids is 1. The first-order valence-corrected chi connectivity index (χ1v) is 15.5. The molecule has 0 bridgehead atoms. The van der Waals surface area contributed by atoms with E-state index in [0.717, 1.165) is 48.2 Å². The molecule has 0 radical (unpaired) electrons. The molecule has 2 fully saturated rings. The van der Waals surface area contributed by atoms with Gasteiger partial charge in [0.05, 0.1) is 4.90 Å². The van der Waals surface area contributed by atoms with Crippen molar-refractivity contribution in [2.24, 2.45) is 0 Å². The number of rotatable bonds is 5. The summed E-state index contributed by atoms with van der Waals surface area (Å²) in [6.45, 7) is 6.09. The van der Waals surface area contributed by atoms with Crippen LogP contribution in [-0.4, -0.2) is 82.5 Å². The monoisotopic (exact) mass is 572 g/mol. The normalized spacial score (nSPS) is 18.6. The Labute approximate surface area is 231 Å². The molecule has 200 valence electrons. The molecule has 6 rings (SSSR count). The number of nitrogens with one attached hydrogen (secondary N) is 1. The Morgan fingerprint density at radius 1 is 0.947 bits per heavy atom. The van der Waals surface area contributed by atoms with Crippen LogP contribution in [0.3, 0.4) is 0 Å². The number of anilines is 3. The number of thiazole rings is 1. The fourth-order valence-electron chi connectivity index (χ4n) is 5.32. The molecule has 38 heavy (non-hydrogen) atoms. The van der Waals surface area contributed by atoms with Crippen LogP contribution >= 0.6 is 22.9 Å². The van der Waals surface area contributed by atoms with Crippen LogP contribution in [0.4, 0.5) is 16.5 Å². The van der Waals surface area contributed by atoms with Crippen LogP contribution in [0.15, 0.2) is 52.7 Å². The average Bonchev–Trinajstić information content (AvgIpc) is 3.59. The predicted octanol–water partition coefficient (Wildman–Crippen LogP) is 2.92. The van der Waals surface area contributed by atoms with Gasteiger partial charge in [-0.25, -0.2) is 13.4 Å². The molecule has 3 aliphatic heterocycles. The summed E-state index contributed by atoms with van der Waals surface area (Å²) < 4.78 is 28.4. The summed E-state index contributed by atoms with van der Waals surface area (Å²) in [5.74, 6) is -0.0604. The molecule has 3 aromatic rings. The lowest BCUT2D eigenvalue weighted by atomic mass is 10.1. The van der Waals surface area contributed by atoms with E-state index in [0.29, 0.717) is 49.9 Å². The lowest BCUT2D eigenvalue weighted by molar-refractivity contribution is 0.0989. The Morgan fingerprint density at radius 3 is 2.47 bits per heavy atom. The minimum absolute atomic E-state index is 0.0604. The number of sulfonamides is 1. The summed E-state index contributed by atoms with van der Waals surface area (Å²) in [7, 11) is -3.64. The Kier molecular flexibility index (Phi) is 7.04. The molecule has 12 heteroatoms. The summed E-state index contributed by atoms with van der Waals surface area (Å²) in [5.41, 5.74) is 3.36. The van der Waals surface area contributed by atoms with Crippen molar-refractivity contribution < 1.29 is 13.2 Å². The quantitative estimate of drug-likeness (QED) is 0.503. The van der Waals surface area contributed by atoms with Crippen LogP contribution in [0.5, 0.6) is 0 Å². The third kappa shape index (κ3) is 4.89. The van der Waals surface area contributed by atoms with Crippen LogP contribution in [-0.2, 0) is 16.4 Å². The molecule has 0 unspecified atom stereocenters. The third-order valence-corrected chi connectivity index (χ3v) is 10.5. The molecule has 0 saturated carbocycles. The van der Waals surface area contributed by atoms with Crippen LogP contribution in [0.2, 0.25) is 5.15 Å². The predicted molar refractivity (Wildman–Crippen MR) is 151 cm³/mol. The smallest absolute Gasteiger partial charge is 0.258 e. The van der Waals surface area contributed by atoms with Gasteiger partial charge in [-0.3, -0.25) is 4.79 Å². The summed E-state index contributed by atoms with van der Waals surface area (Å²) in [4.78, 5) is 24.2. The van der Waals surface area contributed by atoms with Gasteiger partial charge in [0.25, 0.3) is 5.91 Å². The zero-order valence-electron chi connectivity index (χ0n) is 20.8. The minimum atomic E-state index is -3.64. The van der Waals surface area contributed by atoms with Crippen molar-refractivity contribution in [2.75, 3.05) is 73.6 Å². The van der Waals surface area contributed by atoms with E-state index < -0.39 is 10.0 Å². The number of halogens is 1. The van der Waals surface area contributed by atoms with Crippen LogP contribution in [0.1, 0.15) is 15.9 Å². The number of hydrogen-bond donors (Lipinski definition) is 1. The van der Waals surface area contributed by atoms with Gasteiger partial charge in [0.2, 0.25) is 10.0 Å². The second-order valence-electron chi connectivity index (χ2n) is 9.63. The second-order valence-corrected chi connectivity index (χ2v) is 12.8. The molecule has 0 spiro atoms. The molecule has 1 amide bonds. The van der Waals surface area contributed by atoms with E-state index in [2.05, 4.69) is 20.1 Å². The van der Waals surface area contributed by atoms with E-state index in [-0.39, 0.29) is 10.8 Å². The summed E-state index contributed by atoms with van der Waals surface area (Å²) in [6, 6.07) is 12.9. The van der Waals surface area contributed by atoms with E-state index in [4.69, 9.17) is 11.6 Å². The maximum Gasteiger partial charge on any atom is 0.258 e. The van der Waals surface area contributed by atoms with Crippen molar-refractivity contribution in [1.29, 1.82) is 0 Å². The van der Waals surface area contributed by atoms with Crippen LogP contribution < -0.4 is 20.0 Å². The lowest BCUT2D eigenvalue weighted by Gasteiger charge is -2.33. The van der Waals surface area contributed by atoms with E-state index in [1.165, 1.54) is 15.6 Å². The Hall–Kier alpha value is -2.70. The van der Waals surface area contributed by atoms with E-state index in [9.17, 15) is 13.2 Å². The van der Waals surface area contributed by atoms with Gasteiger partial charge in [0, 0.05) is 81.2 Å². The number of amides is 1. The van der Waals surface area contributed by atoms with Crippen LogP contribution in [0.25, 0.3) is 0 Å². The van der Waals surface area contributed by atoms with E-state index in [1.54, 1.807) is 28.5 Å². The number of nitrogens with zero attached hydrogens (tertiary/aromatic N) is 5. The topological polar surface area (TPSA) is 89.1 Å². The van der Waals surface area contributed by atoms with Gasteiger partial charge in [-0.15, -0.1) is 11.3 Å². The fraction of sp³-hybridized carbons (Fsp3) is 0.385. The Morgan fingerprint density at radius 2 is 1.74 bits per heavy atom. The highest BCUT2D eigenvalue weighted by atomic mass is 35.5. The summed E-state index contributed by atoms with van der Waals surface area (Å²) >= 11 is 7.41. The number of carbonyl (C=O) groups is 1. The SMILES string of the molecule is O=C(c1cccc(N2CCNCC2)c1)N1CCc2cc(S(=O)(=O)N3CCN(c4nc(Cl)cs4)CC3)ccc21. The molecular weight excluding hydrogens is 544 g/mol. The van der Waals surface area contributed by atoms with E-state index >= 15 is 0 Å². The van der Waals surface area contributed by atoms with Gasteiger partial charge in [-0.1, -0.05) is 17.7 Å². The van der Waals surface area contributed by atoms with Crippen molar-refractivity contribution >= 4 is 55.4 Å². The highest BCUT2D eigenvalue weighted by molar-refractivity contribution is 7.89.